The van der Waals surface area contributed by atoms with Gasteiger partial charge in [-0.1, -0.05) is 0 Å². The molecule has 0 aliphatic heterocycles. The summed E-state index contributed by atoms with van der Waals surface area (Å²) in [6.07, 6.45) is 0. The van der Waals surface area contributed by atoms with Crippen LogP contribution in [0.25, 0.3) is 0 Å². The first kappa shape index (κ1) is 12.8. The summed E-state index contributed by atoms with van der Waals surface area (Å²) in [6.45, 7) is -0.666. The van der Waals surface area contributed by atoms with E-state index in [1.165, 1.54) is 0 Å². The number of benzene rings is 1. The lowest BCUT2D eigenvalue weighted by molar-refractivity contribution is 0.320. The third-order valence-corrected chi connectivity index (χ3v) is 2.91. The Balaban J connectivity index is 3.04. The summed E-state index contributed by atoms with van der Waals surface area (Å²) in [5.41, 5.74) is -0.702. The fourth-order valence-corrected chi connectivity index (χ4v) is 1.78. The number of halogens is 3. The van der Waals surface area contributed by atoms with Gasteiger partial charge in [0.1, 0.15) is 0 Å². The summed E-state index contributed by atoms with van der Waals surface area (Å²) in [5.74, 6) is -5.46. The minimum atomic E-state index is -3.97. The topological polar surface area (TPSA) is 66.4 Å². The highest BCUT2D eigenvalue weighted by Gasteiger charge is 2.17. The summed E-state index contributed by atoms with van der Waals surface area (Å²) in [7, 11) is -3.97. The monoisotopic (exact) mass is 255 g/mol. The zero-order valence-electron chi connectivity index (χ0n) is 7.87. The van der Waals surface area contributed by atoms with Crippen LogP contribution in [0.2, 0.25) is 0 Å². The molecule has 0 unspecified atom stereocenters. The van der Waals surface area contributed by atoms with E-state index in [1.54, 1.807) is 4.72 Å². The molecule has 0 amide bonds. The Labute approximate surface area is 89.8 Å². The molecular weight excluding hydrogens is 247 g/mol. The summed E-state index contributed by atoms with van der Waals surface area (Å²) >= 11 is 0. The van der Waals surface area contributed by atoms with Gasteiger partial charge in [-0.15, -0.1) is 0 Å². The van der Waals surface area contributed by atoms with Crippen molar-refractivity contribution in [2.45, 2.75) is 0 Å². The summed E-state index contributed by atoms with van der Waals surface area (Å²) in [6, 6.07) is 1.35. The highest BCUT2D eigenvalue weighted by Crippen LogP contribution is 2.20. The number of hydrogen-bond acceptors (Lipinski definition) is 3. The van der Waals surface area contributed by atoms with Gasteiger partial charge in [-0.25, -0.2) is 21.6 Å². The Bertz CT molecular complexity index is 490. The van der Waals surface area contributed by atoms with Crippen molar-refractivity contribution in [1.29, 1.82) is 0 Å². The second-order valence-electron chi connectivity index (χ2n) is 2.87. The van der Waals surface area contributed by atoms with Crippen LogP contribution in [0.15, 0.2) is 12.1 Å². The van der Waals surface area contributed by atoms with Crippen molar-refractivity contribution in [3.8, 4) is 0 Å². The maximum atomic E-state index is 13.0. The van der Waals surface area contributed by atoms with Crippen LogP contribution in [0.3, 0.4) is 0 Å². The van der Waals surface area contributed by atoms with Gasteiger partial charge in [0.05, 0.1) is 18.0 Å². The van der Waals surface area contributed by atoms with E-state index in [2.05, 4.69) is 0 Å². The maximum absolute atomic E-state index is 13.0. The largest absolute Gasteiger partial charge is 0.395 e. The second-order valence-corrected chi connectivity index (χ2v) is 4.71. The van der Waals surface area contributed by atoms with E-state index in [-0.39, 0.29) is 0 Å². The Morgan fingerprint density at radius 2 is 1.81 bits per heavy atom. The van der Waals surface area contributed by atoms with Gasteiger partial charge in [0.25, 0.3) is 0 Å². The van der Waals surface area contributed by atoms with E-state index in [0.29, 0.717) is 6.07 Å². The molecule has 16 heavy (non-hydrogen) atoms. The van der Waals surface area contributed by atoms with Crippen LogP contribution < -0.4 is 4.72 Å². The van der Waals surface area contributed by atoms with Crippen LogP contribution in [-0.4, -0.2) is 25.9 Å². The van der Waals surface area contributed by atoms with E-state index in [9.17, 15) is 21.6 Å². The summed E-state index contributed by atoms with van der Waals surface area (Å²) in [5, 5.41) is 8.40. The standard InChI is InChI=1S/C8H8F3NO3S/c9-5-1-2-6(8(11)7(5)10)12-16(14,15)4-3-13/h1-2,12-13H,3-4H2. The average Bonchev–Trinajstić information content (AvgIpc) is 2.19. The fraction of sp³-hybridized carbons (Fsp3) is 0.250. The maximum Gasteiger partial charge on any atom is 0.235 e. The summed E-state index contributed by atoms with van der Waals surface area (Å²) < 4.78 is 62.1. The molecule has 1 aromatic carbocycles. The number of nitrogens with one attached hydrogen (secondary N) is 1. The van der Waals surface area contributed by atoms with E-state index in [4.69, 9.17) is 5.11 Å². The molecule has 2 N–H and O–H groups in total. The SMILES string of the molecule is O=S(=O)(CCO)Nc1ccc(F)c(F)c1F. The first-order valence-electron chi connectivity index (χ1n) is 4.12. The third-order valence-electron chi connectivity index (χ3n) is 1.66. The van der Waals surface area contributed by atoms with E-state index in [1.807, 2.05) is 0 Å². The molecule has 0 saturated carbocycles. The zero-order chi connectivity index (χ0) is 12.3. The van der Waals surface area contributed by atoms with Crippen molar-refractivity contribution in [2.75, 3.05) is 17.1 Å². The van der Waals surface area contributed by atoms with Crippen molar-refractivity contribution in [2.24, 2.45) is 0 Å². The predicted molar refractivity (Wildman–Crippen MR) is 50.8 cm³/mol. The zero-order valence-corrected chi connectivity index (χ0v) is 8.69. The Kier molecular flexibility index (Phi) is 3.76. The van der Waals surface area contributed by atoms with Crippen molar-refractivity contribution in [3.63, 3.8) is 0 Å². The van der Waals surface area contributed by atoms with Gasteiger partial charge in [0.15, 0.2) is 17.5 Å². The lowest BCUT2D eigenvalue weighted by Gasteiger charge is -2.08. The second kappa shape index (κ2) is 4.71. The molecular formula is C8H8F3NO3S. The highest BCUT2D eigenvalue weighted by atomic mass is 32.2. The fourth-order valence-electron chi connectivity index (χ4n) is 0.943. The first-order chi connectivity index (χ1) is 7.37. The van der Waals surface area contributed by atoms with E-state index >= 15 is 0 Å². The predicted octanol–water partition coefficient (Wildman–Crippen LogP) is 0.838. The number of aliphatic hydroxyl groups excluding tert-OH is 1. The van der Waals surface area contributed by atoms with Gasteiger partial charge < -0.3 is 5.11 Å². The van der Waals surface area contributed by atoms with Crippen LogP contribution in [0, 0.1) is 17.5 Å². The molecule has 0 fully saturated rings. The average molecular weight is 255 g/mol. The Morgan fingerprint density at radius 3 is 2.38 bits per heavy atom. The molecule has 0 aliphatic rings. The molecule has 8 heteroatoms. The van der Waals surface area contributed by atoms with Crippen molar-refractivity contribution >= 4 is 15.7 Å². The summed E-state index contributed by atoms with van der Waals surface area (Å²) in [4.78, 5) is 0. The molecule has 0 heterocycles. The number of anilines is 1. The molecule has 0 spiro atoms. The number of aliphatic hydroxyl groups is 1. The van der Waals surface area contributed by atoms with E-state index < -0.39 is 45.5 Å². The molecule has 4 nitrogen and oxygen atoms in total. The minimum absolute atomic E-state index is 0.592. The van der Waals surface area contributed by atoms with Gasteiger partial charge in [-0.05, 0) is 12.1 Å². The van der Waals surface area contributed by atoms with Crippen molar-refractivity contribution in [3.05, 3.63) is 29.6 Å². The molecule has 0 aliphatic carbocycles. The van der Waals surface area contributed by atoms with Crippen LogP contribution in [0.1, 0.15) is 0 Å². The van der Waals surface area contributed by atoms with Crippen LogP contribution in [-0.2, 0) is 10.0 Å². The normalized spacial score (nSPS) is 11.5. The minimum Gasteiger partial charge on any atom is -0.395 e. The van der Waals surface area contributed by atoms with E-state index in [0.717, 1.165) is 6.07 Å². The smallest absolute Gasteiger partial charge is 0.235 e. The highest BCUT2D eigenvalue weighted by molar-refractivity contribution is 7.92. The van der Waals surface area contributed by atoms with Gasteiger partial charge in [0.2, 0.25) is 10.0 Å². The molecule has 1 aromatic rings. The van der Waals surface area contributed by atoms with Gasteiger partial charge in [0, 0.05) is 0 Å². The quantitative estimate of drug-likeness (QED) is 0.783. The number of rotatable bonds is 4. The van der Waals surface area contributed by atoms with Crippen LogP contribution in [0.4, 0.5) is 18.9 Å². The molecule has 0 aromatic heterocycles. The Hall–Kier alpha value is -1.28. The van der Waals surface area contributed by atoms with Gasteiger partial charge >= 0.3 is 0 Å². The van der Waals surface area contributed by atoms with Gasteiger partial charge in [-0.3, -0.25) is 4.72 Å². The number of sulfonamides is 1. The molecule has 90 valence electrons. The Morgan fingerprint density at radius 1 is 1.19 bits per heavy atom. The van der Waals surface area contributed by atoms with Crippen LogP contribution in [0.5, 0.6) is 0 Å². The van der Waals surface area contributed by atoms with Gasteiger partial charge in [-0.2, -0.15) is 0 Å². The van der Waals surface area contributed by atoms with Crippen LogP contribution >= 0.6 is 0 Å². The first-order valence-corrected chi connectivity index (χ1v) is 5.77. The number of hydrogen-bond donors (Lipinski definition) is 2. The molecule has 0 atom stereocenters. The van der Waals surface area contributed by atoms with Crippen molar-refractivity contribution < 1.29 is 26.7 Å². The third kappa shape index (κ3) is 2.86. The molecule has 0 radical (unpaired) electrons. The lowest BCUT2D eigenvalue weighted by atomic mass is 10.3. The van der Waals surface area contributed by atoms with Crippen molar-refractivity contribution in [1.82, 2.24) is 0 Å². The lowest BCUT2D eigenvalue weighted by Crippen LogP contribution is -2.20. The molecule has 0 saturated heterocycles. The molecule has 0 bridgehead atoms. The molecule has 1 rings (SSSR count).